The normalized spacial score (nSPS) is 19.6. The van der Waals surface area contributed by atoms with Crippen molar-refractivity contribution in [2.45, 2.75) is 13.3 Å². The van der Waals surface area contributed by atoms with Gasteiger partial charge in [-0.2, -0.15) is 0 Å². The fourth-order valence-electron chi connectivity index (χ4n) is 1.19. The van der Waals surface area contributed by atoms with Gasteiger partial charge in [0.1, 0.15) is 5.75 Å². The molecule has 2 rings (SSSR count). The smallest absolute Gasteiger partial charge is 0.281 e. The molecule has 0 spiro atoms. The van der Waals surface area contributed by atoms with Crippen molar-refractivity contribution in [1.29, 1.82) is 0 Å². The van der Waals surface area contributed by atoms with Gasteiger partial charge >= 0.3 is 0 Å². The zero-order valence-electron chi connectivity index (χ0n) is 6.91. The molecule has 0 saturated heterocycles. The lowest BCUT2D eigenvalue weighted by Crippen LogP contribution is -2.23. The van der Waals surface area contributed by atoms with Crippen LogP contribution in [0.4, 0.5) is 5.69 Å². The highest BCUT2D eigenvalue weighted by molar-refractivity contribution is 5.59. The average molecular weight is 165 g/mol. The third-order valence-corrected chi connectivity index (χ3v) is 1.71. The molecule has 1 heterocycles. The number of anilines is 1. The van der Waals surface area contributed by atoms with Gasteiger partial charge < -0.3 is 14.8 Å². The van der Waals surface area contributed by atoms with Crippen molar-refractivity contribution in [3.8, 4) is 5.75 Å². The molecular weight excluding hydrogens is 154 g/mol. The van der Waals surface area contributed by atoms with Crippen LogP contribution in [0, 0.1) is 0 Å². The van der Waals surface area contributed by atoms with Crippen LogP contribution in [0.2, 0.25) is 0 Å². The Kier molecular flexibility index (Phi) is 1.87. The molecule has 1 atom stereocenters. The van der Waals surface area contributed by atoms with Crippen LogP contribution in [0.25, 0.3) is 0 Å². The number of rotatable bonds is 2. The van der Waals surface area contributed by atoms with Crippen LogP contribution >= 0.6 is 0 Å². The highest BCUT2D eigenvalue weighted by atomic mass is 16.7. The van der Waals surface area contributed by atoms with E-state index in [1.165, 1.54) is 0 Å². The molecule has 1 aliphatic rings. The number of hydrogen-bond acceptors (Lipinski definition) is 3. The number of benzene rings is 1. The Morgan fingerprint density at radius 2 is 2.33 bits per heavy atom. The summed E-state index contributed by atoms with van der Waals surface area (Å²) in [7, 11) is 0. The highest BCUT2D eigenvalue weighted by Crippen LogP contribution is 2.30. The summed E-state index contributed by atoms with van der Waals surface area (Å²) in [6.45, 7) is 2.58. The predicted molar refractivity (Wildman–Crippen MR) is 46.1 cm³/mol. The number of para-hydroxylation sites is 2. The van der Waals surface area contributed by atoms with Crippen molar-refractivity contribution in [2.75, 3.05) is 11.9 Å². The maximum absolute atomic E-state index is 5.41. The number of fused-ring (bicyclic) bond motifs is 1. The first kappa shape index (κ1) is 7.43. The van der Waals surface area contributed by atoms with Gasteiger partial charge in [0.2, 0.25) is 0 Å². The summed E-state index contributed by atoms with van der Waals surface area (Å²) in [4.78, 5) is 0. The third kappa shape index (κ3) is 1.23. The van der Waals surface area contributed by atoms with E-state index in [-0.39, 0.29) is 6.41 Å². The van der Waals surface area contributed by atoms with Crippen LogP contribution in [0.15, 0.2) is 24.3 Å². The summed E-state index contributed by atoms with van der Waals surface area (Å²) in [5.41, 5.74) is 0.996. The van der Waals surface area contributed by atoms with Gasteiger partial charge in [0, 0.05) is 6.61 Å². The quantitative estimate of drug-likeness (QED) is 0.725. The van der Waals surface area contributed by atoms with E-state index >= 15 is 0 Å². The minimum absolute atomic E-state index is 0.313. The van der Waals surface area contributed by atoms with Gasteiger partial charge in [-0.05, 0) is 19.1 Å². The van der Waals surface area contributed by atoms with Gasteiger partial charge in [0.25, 0.3) is 6.41 Å². The number of hydrogen-bond donors (Lipinski definition) is 1. The molecule has 1 aliphatic heterocycles. The van der Waals surface area contributed by atoms with E-state index in [1.807, 2.05) is 31.2 Å². The molecule has 0 amide bonds. The molecule has 0 radical (unpaired) electrons. The van der Waals surface area contributed by atoms with E-state index in [2.05, 4.69) is 5.32 Å². The lowest BCUT2D eigenvalue weighted by atomic mass is 10.3. The highest BCUT2D eigenvalue weighted by Gasteiger charge is 2.20. The first-order chi connectivity index (χ1) is 5.90. The maximum Gasteiger partial charge on any atom is 0.281 e. The lowest BCUT2D eigenvalue weighted by molar-refractivity contribution is -0.0442. The monoisotopic (exact) mass is 165 g/mol. The second kappa shape index (κ2) is 3.03. The molecular formula is C9H11NO2. The van der Waals surface area contributed by atoms with E-state index in [0.717, 1.165) is 11.4 Å². The van der Waals surface area contributed by atoms with Gasteiger partial charge in [-0.15, -0.1) is 0 Å². The molecule has 0 saturated carbocycles. The average Bonchev–Trinajstić information content (AvgIpc) is 2.47. The zero-order chi connectivity index (χ0) is 8.39. The van der Waals surface area contributed by atoms with Crippen LogP contribution < -0.4 is 10.1 Å². The van der Waals surface area contributed by atoms with Crippen LogP contribution in [-0.2, 0) is 4.74 Å². The second-order valence-electron chi connectivity index (χ2n) is 2.55. The Balaban J connectivity index is 2.11. The third-order valence-electron chi connectivity index (χ3n) is 1.71. The van der Waals surface area contributed by atoms with Crippen molar-refractivity contribution >= 4 is 5.69 Å². The molecule has 0 fully saturated rings. The minimum Gasteiger partial charge on any atom is -0.445 e. The van der Waals surface area contributed by atoms with Crippen molar-refractivity contribution in [3.05, 3.63) is 24.3 Å². The topological polar surface area (TPSA) is 30.5 Å². The van der Waals surface area contributed by atoms with Crippen LogP contribution in [-0.4, -0.2) is 13.0 Å². The zero-order valence-corrected chi connectivity index (χ0v) is 6.91. The first-order valence-corrected chi connectivity index (χ1v) is 4.04. The molecule has 1 N–H and O–H groups in total. The molecule has 3 nitrogen and oxygen atoms in total. The molecule has 0 aromatic heterocycles. The Hall–Kier alpha value is -1.22. The molecule has 12 heavy (non-hydrogen) atoms. The van der Waals surface area contributed by atoms with Crippen molar-refractivity contribution in [1.82, 2.24) is 0 Å². The Bertz CT molecular complexity index is 250. The molecule has 1 unspecified atom stereocenters. The summed E-state index contributed by atoms with van der Waals surface area (Å²) in [6.07, 6.45) is -0.313. The Labute approximate surface area is 71.3 Å². The Morgan fingerprint density at radius 3 is 3.08 bits per heavy atom. The van der Waals surface area contributed by atoms with Gasteiger partial charge in [-0.25, -0.2) is 0 Å². The van der Waals surface area contributed by atoms with Crippen LogP contribution in [0.1, 0.15) is 6.92 Å². The maximum atomic E-state index is 5.41. The van der Waals surface area contributed by atoms with Crippen LogP contribution in [0.5, 0.6) is 5.75 Å². The summed E-state index contributed by atoms with van der Waals surface area (Å²) in [6, 6.07) is 7.79. The van der Waals surface area contributed by atoms with E-state index in [9.17, 15) is 0 Å². The van der Waals surface area contributed by atoms with Crippen molar-refractivity contribution in [3.63, 3.8) is 0 Å². The van der Waals surface area contributed by atoms with Crippen molar-refractivity contribution in [2.24, 2.45) is 0 Å². The second-order valence-corrected chi connectivity index (χ2v) is 2.55. The lowest BCUT2D eigenvalue weighted by Gasteiger charge is -2.09. The van der Waals surface area contributed by atoms with E-state index < -0.39 is 0 Å². The standard InChI is InChI=1S/C9H11NO2/c1-2-11-9-10-7-5-3-4-6-8(7)12-9/h3-6,9-10H,2H2,1H3. The largest absolute Gasteiger partial charge is 0.445 e. The molecule has 3 heteroatoms. The molecule has 0 aliphatic carbocycles. The van der Waals surface area contributed by atoms with Gasteiger partial charge in [0.15, 0.2) is 0 Å². The van der Waals surface area contributed by atoms with Gasteiger partial charge in [0.05, 0.1) is 5.69 Å². The summed E-state index contributed by atoms with van der Waals surface area (Å²) in [5.74, 6) is 0.857. The predicted octanol–water partition coefficient (Wildman–Crippen LogP) is 1.81. The summed E-state index contributed by atoms with van der Waals surface area (Å²) in [5, 5.41) is 3.09. The summed E-state index contributed by atoms with van der Waals surface area (Å²) >= 11 is 0. The molecule has 64 valence electrons. The van der Waals surface area contributed by atoms with Gasteiger partial charge in [-0.3, -0.25) is 0 Å². The Morgan fingerprint density at radius 1 is 1.50 bits per heavy atom. The fourth-order valence-corrected chi connectivity index (χ4v) is 1.19. The van der Waals surface area contributed by atoms with Gasteiger partial charge in [-0.1, -0.05) is 12.1 Å². The van der Waals surface area contributed by atoms with Crippen LogP contribution in [0.3, 0.4) is 0 Å². The molecule has 1 aromatic rings. The number of nitrogens with one attached hydrogen (secondary N) is 1. The fraction of sp³-hybridized carbons (Fsp3) is 0.333. The van der Waals surface area contributed by atoms with E-state index in [0.29, 0.717) is 6.61 Å². The molecule has 0 bridgehead atoms. The minimum atomic E-state index is -0.313. The van der Waals surface area contributed by atoms with Crippen molar-refractivity contribution < 1.29 is 9.47 Å². The van der Waals surface area contributed by atoms with E-state index in [1.54, 1.807) is 0 Å². The summed E-state index contributed by atoms with van der Waals surface area (Å²) < 4.78 is 10.7. The first-order valence-electron chi connectivity index (χ1n) is 4.04. The van der Waals surface area contributed by atoms with E-state index in [4.69, 9.17) is 9.47 Å². The molecule has 1 aromatic carbocycles. The SMILES string of the molecule is CCOC1Nc2ccccc2O1. The number of ether oxygens (including phenoxy) is 2.